The van der Waals surface area contributed by atoms with E-state index in [1.54, 1.807) is 37.3 Å². The summed E-state index contributed by atoms with van der Waals surface area (Å²) in [6.07, 6.45) is 0. The number of aromatic amines is 1. The lowest BCUT2D eigenvalue weighted by Crippen LogP contribution is -2.30. The number of imidazole rings is 1. The number of ketones is 1. The summed E-state index contributed by atoms with van der Waals surface area (Å²) < 4.78 is 19.1. The molecule has 3 aromatic carbocycles. The number of carbonyl (C=O) groups excluding carboxylic acids is 2. The fraction of sp³-hybridized carbons (Fsp3) is 0.115. The summed E-state index contributed by atoms with van der Waals surface area (Å²) in [5.41, 5.74) is 2.34. The predicted molar refractivity (Wildman–Crippen MR) is 130 cm³/mol. The maximum Gasteiger partial charge on any atom is 0.302 e. The highest BCUT2D eigenvalue weighted by molar-refractivity contribution is 6.51. The van der Waals surface area contributed by atoms with Crippen molar-refractivity contribution in [3.05, 3.63) is 93.8 Å². The van der Waals surface area contributed by atoms with Crippen molar-refractivity contribution in [1.29, 1.82) is 0 Å². The van der Waals surface area contributed by atoms with E-state index in [2.05, 4.69) is 9.97 Å². The molecule has 1 aliphatic rings. The first-order valence-electron chi connectivity index (χ1n) is 10.7. The molecule has 0 radical (unpaired) electrons. The molecule has 2 N–H and O–H groups in total. The summed E-state index contributed by atoms with van der Waals surface area (Å²) in [6.45, 7) is 1.77. The molecule has 1 aliphatic heterocycles. The molecule has 1 unspecified atom stereocenters. The SMILES string of the molecule is COc1c(Cl)cc(C)cc1/C(O)=C1\C(=O)C(=O)N(c2nc3ccccc3[nH]2)C1c1ccc(F)cc1. The number of aromatic nitrogens is 2. The number of aryl methyl sites for hydroxylation is 1. The average Bonchev–Trinajstić information content (AvgIpc) is 3.37. The van der Waals surface area contributed by atoms with E-state index >= 15 is 0 Å². The Morgan fingerprint density at radius 1 is 1.14 bits per heavy atom. The fourth-order valence-corrected chi connectivity index (χ4v) is 4.67. The van der Waals surface area contributed by atoms with E-state index < -0.39 is 29.3 Å². The van der Waals surface area contributed by atoms with Crippen LogP contribution < -0.4 is 9.64 Å². The zero-order valence-electron chi connectivity index (χ0n) is 18.7. The van der Waals surface area contributed by atoms with Gasteiger partial charge in [0, 0.05) is 0 Å². The van der Waals surface area contributed by atoms with Crippen LogP contribution in [0.1, 0.15) is 22.7 Å². The molecular weight excluding hydrogens is 473 g/mol. The molecule has 1 saturated heterocycles. The third-order valence-electron chi connectivity index (χ3n) is 5.88. The molecule has 35 heavy (non-hydrogen) atoms. The Balaban J connectivity index is 1.78. The van der Waals surface area contributed by atoms with Crippen molar-refractivity contribution in [3.63, 3.8) is 0 Å². The molecule has 1 amide bonds. The molecule has 7 nitrogen and oxygen atoms in total. The highest BCUT2D eigenvalue weighted by Crippen LogP contribution is 2.44. The van der Waals surface area contributed by atoms with Crippen LogP contribution in [-0.2, 0) is 9.59 Å². The quantitative estimate of drug-likeness (QED) is 0.229. The van der Waals surface area contributed by atoms with Crippen molar-refractivity contribution in [2.24, 2.45) is 0 Å². The summed E-state index contributed by atoms with van der Waals surface area (Å²) in [6, 6.07) is 14.7. The minimum absolute atomic E-state index is 0.121. The van der Waals surface area contributed by atoms with E-state index in [0.717, 1.165) is 0 Å². The van der Waals surface area contributed by atoms with Crippen LogP contribution in [0.15, 0.2) is 66.2 Å². The van der Waals surface area contributed by atoms with Crippen LogP contribution in [0.4, 0.5) is 10.3 Å². The maximum absolute atomic E-state index is 13.7. The number of fused-ring (bicyclic) bond motifs is 1. The van der Waals surface area contributed by atoms with Crippen LogP contribution in [0.5, 0.6) is 5.75 Å². The maximum atomic E-state index is 13.7. The highest BCUT2D eigenvalue weighted by Gasteiger charge is 2.48. The topological polar surface area (TPSA) is 95.5 Å². The lowest BCUT2D eigenvalue weighted by molar-refractivity contribution is -0.132. The number of hydrogen-bond acceptors (Lipinski definition) is 5. The molecule has 176 valence electrons. The van der Waals surface area contributed by atoms with Gasteiger partial charge in [-0.05, 0) is 54.4 Å². The Morgan fingerprint density at radius 2 is 1.86 bits per heavy atom. The van der Waals surface area contributed by atoms with Gasteiger partial charge in [0.25, 0.3) is 5.78 Å². The number of rotatable bonds is 4. The van der Waals surface area contributed by atoms with Crippen molar-refractivity contribution >= 4 is 46.0 Å². The average molecular weight is 492 g/mol. The smallest absolute Gasteiger partial charge is 0.302 e. The first kappa shape index (κ1) is 22.6. The Hall–Kier alpha value is -4.17. The van der Waals surface area contributed by atoms with E-state index in [4.69, 9.17) is 16.3 Å². The molecule has 2 heterocycles. The summed E-state index contributed by atoms with van der Waals surface area (Å²) in [7, 11) is 1.39. The zero-order chi connectivity index (χ0) is 24.9. The second-order valence-electron chi connectivity index (χ2n) is 8.13. The van der Waals surface area contributed by atoms with Crippen molar-refractivity contribution < 1.29 is 23.8 Å². The number of aliphatic hydroxyl groups is 1. The second-order valence-corrected chi connectivity index (χ2v) is 8.53. The first-order valence-corrected chi connectivity index (χ1v) is 11.0. The fourth-order valence-electron chi connectivity index (χ4n) is 4.32. The van der Waals surface area contributed by atoms with E-state index in [0.29, 0.717) is 22.2 Å². The molecular formula is C26H19ClFN3O4. The number of aliphatic hydroxyl groups excluding tert-OH is 1. The van der Waals surface area contributed by atoms with Gasteiger partial charge in [0.05, 0.1) is 40.3 Å². The number of amides is 1. The minimum atomic E-state index is -1.08. The first-order chi connectivity index (χ1) is 16.8. The number of carbonyl (C=O) groups is 2. The van der Waals surface area contributed by atoms with Crippen molar-refractivity contribution in [2.75, 3.05) is 12.0 Å². The molecule has 0 bridgehead atoms. The molecule has 0 saturated carbocycles. The molecule has 5 rings (SSSR count). The van der Waals surface area contributed by atoms with Gasteiger partial charge in [-0.3, -0.25) is 14.5 Å². The standard InChI is InChI=1S/C26H19ClFN3O4/c1-13-11-16(24(35-2)17(27)12-13)22(32)20-21(14-7-9-15(28)10-8-14)31(25(34)23(20)33)26-29-18-5-3-4-6-19(18)30-26/h3-12,21,32H,1-2H3,(H,29,30)/b22-20+. The van der Waals surface area contributed by atoms with Crippen molar-refractivity contribution in [2.45, 2.75) is 13.0 Å². The number of halogens is 2. The van der Waals surface area contributed by atoms with Crippen LogP contribution in [0.3, 0.4) is 0 Å². The van der Waals surface area contributed by atoms with Crippen LogP contribution >= 0.6 is 11.6 Å². The predicted octanol–water partition coefficient (Wildman–Crippen LogP) is 5.30. The summed E-state index contributed by atoms with van der Waals surface area (Å²) in [5.74, 6) is -2.48. The van der Waals surface area contributed by atoms with Crippen LogP contribution in [0.25, 0.3) is 16.8 Å². The monoisotopic (exact) mass is 491 g/mol. The van der Waals surface area contributed by atoms with E-state index in [-0.39, 0.29) is 27.9 Å². The summed E-state index contributed by atoms with van der Waals surface area (Å²) in [4.78, 5) is 35.4. The van der Waals surface area contributed by atoms with Crippen LogP contribution in [-0.4, -0.2) is 33.9 Å². The number of hydrogen-bond donors (Lipinski definition) is 2. The van der Waals surface area contributed by atoms with Crippen molar-refractivity contribution in [1.82, 2.24) is 9.97 Å². The van der Waals surface area contributed by atoms with Gasteiger partial charge >= 0.3 is 5.91 Å². The normalized spacial score (nSPS) is 17.4. The number of benzene rings is 3. The molecule has 1 aromatic heterocycles. The summed E-state index contributed by atoms with van der Waals surface area (Å²) >= 11 is 6.31. The van der Waals surface area contributed by atoms with Gasteiger partial charge < -0.3 is 14.8 Å². The van der Waals surface area contributed by atoms with Crippen LogP contribution in [0, 0.1) is 12.7 Å². The van der Waals surface area contributed by atoms with E-state index in [9.17, 15) is 19.1 Å². The zero-order valence-corrected chi connectivity index (χ0v) is 19.4. The van der Waals surface area contributed by atoms with Gasteiger partial charge in [0.15, 0.2) is 0 Å². The molecule has 4 aromatic rings. The Bertz CT molecular complexity index is 1490. The Morgan fingerprint density at radius 3 is 2.54 bits per heavy atom. The van der Waals surface area contributed by atoms with Gasteiger partial charge in [-0.25, -0.2) is 9.37 Å². The molecule has 0 aliphatic carbocycles. The molecule has 1 atom stereocenters. The van der Waals surface area contributed by atoms with Gasteiger partial charge in [-0.1, -0.05) is 35.9 Å². The third-order valence-corrected chi connectivity index (χ3v) is 6.16. The highest BCUT2D eigenvalue weighted by atomic mass is 35.5. The number of H-pyrrole nitrogens is 1. The number of Topliss-reactive ketones (excluding diaryl/α,β-unsaturated/α-hetero) is 1. The number of methoxy groups -OCH3 is 1. The van der Waals surface area contributed by atoms with E-state index in [1.807, 2.05) is 6.07 Å². The molecule has 9 heteroatoms. The number of para-hydroxylation sites is 2. The second kappa shape index (κ2) is 8.56. The van der Waals surface area contributed by atoms with Crippen LogP contribution in [0.2, 0.25) is 5.02 Å². The summed E-state index contributed by atoms with van der Waals surface area (Å²) in [5, 5.41) is 11.6. The number of ether oxygens (including phenoxy) is 1. The molecule has 1 fully saturated rings. The minimum Gasteiger partial charge on any atom is -0.507 e. The number of anilines is 1. The van der Waals surface area contributed by atoms with Crippen molar-refractivity contribution in [3.8, 4) is 5.75 Å². The number of nitrogens with one attached hydrogen (secondary N) is 1. The molecule has 0 spiro atoms. The van der Waals surface area contributed by atoms with Gasteiger partial charge in [0.2, 0.25) is 5.95 Å². The lowest BCUT2D eigenvalue weighted by atomic mass is 9.94. The van der Waals surface area contributed by atoms with E-state index in [1.165, 1.54) is 36.3 Å². The largest absolute Gasteiger partial charge is 0.507 e. The van der Waals surface area contributed by atoms with Gasteiger partial charge in [-0.15, -0.1) is 0 Å². The Labute approximate surface area is 204 Å². The van der Waals surface area contributed by atoms with Gasteiger partial charge in [0.1, 0.15) is 17.3 Å². The lowest BCUT2D eigenvalue weighted by Gasteiger charge is -2.23. The van der Waals surface area contributed by atoms with Gasteiger partial charge in [-0.2, -0.15) is 0 Å². The third kappa shape index (κ3) is 3.72. The Kier molecular flexibility index (Phi) is 5.53. The number of nitrogens with zero attached hydrogens (tertiary/aromatic N) is 2.